The highest BCUT2D eigenvalue weighted by Crippen LogP contribution is 2.41. The number of hydrogen-bond donors (Lipinski definition) is 0. The maximum Gasteiger partial charge on any atom is 0.161 e. The molecule has 0 unspecified atom stereocenters. The summed E-state index contributed by atoms with van der Waals surface area (Å²) in [6.07, 6.45) is 0. The Kier molecular flexibility index (Phi) is 9.08. The average molecular weight is 475 g/mol. The molecule has 0 aliphatic heterocycles. The lowest BCUT2D eigenvalue weighted by molar-refractivity contribution is 0.354. The second-order valence-electron chi connectivity index (χ2n) is 8.97. The number of ether oxygens (including phenoxy) is 2. The molecule has 3 aromatic carbocycles. The van der Waals surface area contributed by atoms with Crippen LogP contribution in [0.25, 0.3) is 0 Å². The molecular formula is C31H42N2O2. The van der Waals surface area contributed by atoms with Crippen LogP contribution in [0.4, 0.5) is 11.4 Å². The van der Waals surface area contributed by atoms with Crippen LogP contribution in [-0.2, 0) is 0 Å². The quantitative estimate of drug-likeness (QED) is 0.275. The van der Waals surface area contributed by atoms with Crippen LogP contribution in [0.2, 0.25) is 0 Å². The highest BCUT2D eigenvalue weighted by atomic mass is 16.5. The number of benzene rings is 3. The van der Waals surface area contributed by atoms with Crippen LogP contribution in [0.3, 0.4) is 0 Å². The zero-order chi connectivity index (χ0) is 25.5. The molecule has 0 amide bonds. The van der Waals surface area contributed by atoms with E-state index in [4.69, 9.17) is 9.47 Å². The minimum atomic E-state index is 0.0702. The maximum absolute atomic E-state index is 5.71. The predicted molar refractivity (Wildman–Crippen MR) is 150 cm³/mol. The Bertz CT molecular complexity index is 1060. The van der Waals surface area contributed by atoms with Gasteiger partial charge in [-0.25, -0.2) is 0 Å². The van der Waals surface area contributed by atoms with Gasteiger partial charge in [-0.15, -0.1) is 0 Å². The third-order valence-corrected chi connectivity index (χ3v) is 7.15. The van der Waals surface area contributed by atoms with Crippen LogP contribution < -0.4 is 19.3 Å². The first kappa shape index (κ1) is 26.5. The lowest BCUT2D eigenvalue weighted by atomic mass is 9.80. The van der Waals surface area contributed by atoms with Gasteiger partial charge in [0.1, 0.15) is 0 Å². The van der Waals surface area contributed by atoms with Crippen LogP contribution >= 0.6 is 0 Å². The van der Waals surface area contributed by atoms with Gasteiger partial charge in [0.05, 0.1) is 14.2 Å². The van der Waals surface area contributed by atoms with Crippen molar-refractivity contribution in [2.24, 2.45) is 0 Å². The summed E-state index contributed by atoms with van der Waals surface area (Å²) < 4.78 is 11.3. The molecule has 0 atom stereocenters. The van der Waals surface area contributed by atoms with E-state index in [1.165, 1.54) is 39.2 Å². The fraction of sp³-hybridized carbons (Fsp3) is 0.419. The first-order chi connectivity index (χ1) is 16.9. The number of anilines is 2. The van der Waals surface area contributed by atoms with E-state index < -0.39 is 0 Å². The molecule has 35 heavy (non-hydrogen) atoms. The van der Waals surface area contributed by atoms with Gasteiger partial charge in [-0.3, -0.25) is 0 Å². The fourth-order valence-electron chi connectivity index (χ4n) is 5.01. The van der Waals surface area contributed by atoms with Crippen molar-refractivity contribution in [1.29, 1.82) is 0 Å². The fourth-order valence-corrected chi connectivity index (χ4v) is 5.01. The van der Waals surface area contributed by atoms with Gasteiger partial charge in [0.2, 0.25) is 0 Å². The standard InChI is InChI=1S/C31H42N2O2/c1-9-32(10-2)25-16-13-22(5)27(20-25)31(24-15-18-29(34-7)30(19-24)35-8)28-21-26(17-14-23(28)6)33(11-3)12-4/h13-21,31H,9-12H2,1-8H3. The van der Waals surface area contributed by atoms with Gasteiger partial charge in [-0.1, -0.05) is 18.2 Å². The van der Waals surface area contributed by atoms with Crippen LogP contribution in [0.1, 0.15) is 61.4 Å². The Balaban J connectivity index is 2.30. The van der Waals surface area contributed by atoms with Crippen LogP contribution in [0.15, 0.2) is 54.6 Å². The lowest BCUT2D eigenvalue weighted by Crippen LogP contribution is -2.23. The van der Waals surface area contributed by atoms with Crippen molar-refractivity contribution in [3.05, 3.63) is 82.4 Å². The molecule has 0 bridgehead atoms. The first-order valence-corrected chi connectivity index (χ1v) is 12.8. The van der Waals surface area contributed by atoms with Crippen molar-refractivity contribution in [1.82, 2.24) is 0 Å². The molecule has 0 N–H and O–H groups in total. The van der Waals surface area contributed by atoms with E-state index in [2.05, 4.69) is 99.9 Å². The Labute approximate surface area is 212 Å². The van der Waals surface area contributed by atoms with Gasteiger partial charge in [-0.05, 0) is 106 Å². The smallest absolute Gasteiger partial charge is 0.161 e. The number of methoxy groups -OCH3 is 2. The molecule has 4 heteroatoms. The van der Waals surface area contributed by atoms with Crippen molar-refractivity contribution in [3.8, 4) is 11.5 Å². The zero-order valence-corrected chi connectivity index (χ0v) is 22.8. The SMILES string of the molecule is CCN(CC)c1ccc(C)c(C(c2ccc(OC)c(OC)c2)c2cc(N(CC)CC)ccc2C)c1. The van der Waals surface area contributed by atoms with Gasteiger partial charge in [0.25, 0.3) is 0 Å². The molecule has 0 heterocycles. The average Bonchev–Trinajstić information content (AvgIpc) is 2.88. The Hall–Kier alpha value is -3.14. The molecule has 0 spiro atoms. The first-order valence-electron chi connectivity index (χ1n) is 12.8. The van der Waals surface area contributed by atoms with Crippen LogP contribution in [-0.4, -0.2) is 40.4 Å². The second kappa shape index (κ2) is 12.0. The molecule has 188 valence electrons. The predicted octanol–water partition coefficient (Wildman–Crippen LogP) is 7.19. The molecule has 0 fully saturated rings. The highest BCUT2D eigenvalue weighted by Gasteiger charge is 2.24. The molecular weight excluding hydrogens is 432 g/mol. The Morgan fingerprint density at radius 3 is 1.46 bits per heavy atom. The summed E-state index contributed by atoms with van der Waals surface area (Å²) >= 11 is 0. The summed E-state index contributed by atoms with van der Waals surface area (Å²) in [6.45, 7) is 17.2. The summed E-state index contributed by atoms with van der Waals surface area (Å²) in [5.74, 6) is 1.57. The summed E-state index contributed by atoms with van der Waals surface area (Å²) in [5.41, 5.74) is 8.93. The third-order valence-electron chi connectivity index (χ3n) is 7.15. The summed E-state index contributed by atoms with van der Waals surface area (Å²) in [5, 5.41) is 0. The summed E-state index contributed by atoms with van der Waals surface area (Å²) in [7, 11) is 3.39. The molecule has 3 rings (SSSR count). The van der Waals surface area contributed by atoms with Crippen molar-refractivity contribution in [3.63, 3.8) is 0 Å². The summed E-state index contributed by atoms with van der Waals surface area (Å²) in [4.78, 5) is 4.82. The van der Waals surface area contributed by atoms with E-state index in [1.807, 2.05) is 6.07 Å². The maximum atomic E-state index is 5.71. The third kappa shape index (κ3) is 5.58. The molecule has 0 radical (unpaired) electrons. The molecule has 4 nitrogen and oxygen atoms in total. The van der Waals surface area contributed by atoms with Crippen LogP contribution in [0, 0.1) is 13.8 Å². The van der Waals surface area contributed by atoms with Gasteiger partial charge < -0.3 is 19.3 Å². The van der Waals surface area contributed by atoms with Gasteiger partial charge in [0.15, 0.2) is 11.5 Å². The Morgan fingerprint density at radius 1 is 0.600 bits per heavy atom. The number of hydrogen-bond acceptors (Lipinski definition) is 4. The summed E-state index contributed by atoms with van der Waals surface area (Å²) in [6, 6.07) is 20.1. The van der Waals surface area contributed by atoms with E-state index in [1.54, 1.807) is 14.2 Å². The van der Waals surface area contributed by atoms with Crippen molar-refractivity contribution in [2.45, 2.75) is 47.5 Å². The molecule has 0 saturated heterocycles. The molecule has 0 saturated carbocycles. The van der Waals surface area contributed by atoms with Crippen LogP contribution in [0.5, 0.6) is 11.5 Å². The molecule has 0 aliphatic carbocycles. The molecule has 3 aromatic rings. The zero-order valence-electron chi connectivity index (χ0n) is 22.8. The van der Waals surface area contributed by atoms with Crippen molar-refractivity contribution < 1.29 is 9.47 Å². The number of rotatable bonds is 11. The monoisotopic (exact) mass is 474 g/mol. The Morgan fingerprint density at radius 2 is 1.06 bits per heavy atom. The van der Waals surface area contributed by atoms with E-state index in [0.29, 0.717) is 0 Å². The van der Waals surface area contributed by atoms with Gasteiger partial charge in [-0.2, -0.15) is 0 Å². The van der Waals surface area contributed by atoms with Crippen molar-refractivity contribution in [2.75, 3.05) is 50.2 Å². The molecule has 0 aliphatic rings. The van der Waals surface area contributed by atoms with Gasteiger partial charge in [0, 0.05) is 43.5 Å². The van der Waals surface area contributed by atoms with Crippen molar-refractivity contribution >= 4 is 11.4 Å². The lowest BCUT2D eigenvalue weighted by Gasteiger charge is -2.29. The molecule has 0 aromatic heterocycles. The second-order valence-corrected chi connectivity index (χ2v) is 8.97. The minimum absolute atomic E-state index is 0.0702. The normalized spacial score (nSPS) is 11.0. The van der Waals surface area contributed by atoms with E-state index >= 15 is 0 Å². The van der Waals surface area contributed by atoms with E-state index in [0.717, 1.165) is 37.7 Å². The largest absolute Gasteiger partial charge is 0.493 e. The van der Waals surface area contributed by atoms with E-state index in [-0.39, 0.29) is 5.92 Å². The van der Waals surface area contributed by atoms with Gasteiger partial charge >= 0.3 is 0 Å². The van der Waals surface area contributed by atoms with E-state index in [9.17, 15) is 0 Å². The topological polar surface area (TPSA) is 24.9 Å². The minimum Gasteiger partial charge on any atom is -0.493 e. The number of aryl methyl sites for hydroxylation is 2. The number of nitrogens with zero attached hydrogens (tertiary/aromatic N) is 2. The highest BCUT2D eigenvalue weighted by molar-refractivity contribution is 5.61.